The minimum Gasteiger partial charge on any atom is -0.340 e. The molecule has 1 heterocycles. The van der Waals surface area contributed by atoms with Gasteiger partial charge >= 0.3 is 5.69 Å². The maximum atomic E-state index is 12.6. The Balaban J connectivity index is 1.69. The second-order valence-corrected chi connectivity index (χ2v) is 7.94. The maximum Gasteiger partial charge on any atom is 0.328 e. The predicted octanol–water partition coefficient (Wildman–Crippen LogP) is 2.09. The van der Waals surface area contributed by atoms with Crippen LogP contribution >= 0.6 is 0 Å². The lowest BCUT2D eigenvalue weighted by molar-refractivity contribution is -0.123. The number of rotatable bonds is 6. The highest BCUT2D eigenvalue weighted by atomic mass is 16.2. The van der Waals surface area contributed by atoms with Crippen LogP contribution in [-0.2, 0) is 18.9 Å². The summed E-state index contributed by atoms with van der Waals surface area (Å²) in [6, 6.07) is 11.9. The van der Waals surface area contributed by atoms with Crippen molar-refractivity contribution in [1.82, 2.24) is 19.9 Å². The first-order chi connectivity index (χ1) is 14.7. The number of benzene rings is 2. The minimum atomic E-state index is -0.733. The molecule has 1 atom stereocenters. The Bertz CT molecular complexity index is 1200. The van der Waals surface area contributed by atoms with Gasteiger partial charge in [0.05, 0.1) is 17.2 Å². The average Bonchev–Trinajstić information content (AvgIpc) is 2.95. The molecule has 0 spiro atoms. The maximum absolute atomic E-state index is 12.6. The number of nitrogens with one attached hydrogen (secondary N) is 2. The fourth-order valence-corrected chi connectivity index (χ4v) is 3.31. The van der Waals surface area contributed by atoms with Crippen molar-refractivity contribution in [3.05, 3.63) is 69.6 Å². The second-order valence-electron chi connectivity index (χ2n) is 7.94. The Morgan fingerprint density at radius 2 is 1.65 bits per heavy atom. The first-order valence-electron chi connectivity index (χ1n) is 10.0. The number of aryl methyl sites for hydroxylation is 3. The zero-order valence-corrected chi connectivity index (χ0v) is 18.3. The minimum absolute atomic E-state index is 0.110. The van der Waals surface area contributed by atoms with E-state index in [1.54, 1.807) is 35.4 Å². The van der Waals surface area contributed by atoms with Gasteiger partial charge in [-0.25, -0.2) is 10.2 Å². The number of nitrogens with zero attached hydrogens (tertiary/aromatic N) is 3. The highest BCUT2D eigenvalue weighted by Gasteiger charge is 2.24. The van der Waals surface area contributed by atoms with Gasteiger partial charge in [-0.05, 0) is 42.7 Å². The van der Waals surface area contributed by atoms with Crippen molar-refractivity contribution >= 4 is 29.1 Å². The van der Waals surface area contributed by atoms with Gasteiger partial charge in [0.15, 0.2) is 0 Å². The van der Waals surface area contributed by atoms with E-state index in [9.17, 15) is 14.4 Å². The third-order valence-corrected chi connectivity index (χ3v) is 5.23. The predicted molar refractivity (Wildman–Crippen MR) is 121 cm³/mol. The molecule has 1 unspecified atom stereocenters. The van der Waals surface area contributed by atoms with Crippen LogP contribution in [-0.4, -0.2) is 33.2 Å². The van der Waals surface area contributed by atoms with Crippen LogP contribution in [0.1, 0.15) is 35.3 Å². The molecule has 0 aliphatic rings. The number of aromatic nitrogens is 2. The van der Waals surface area contributed by atoms with E-state index in [0.29, 0.717) is 5.56 Å². The van der Waals surface area contributed by atoms with E-state index >= 15 is 0 Å². The normalized spacial score (nSPS) is 12.5. The summed E-state index contributed by atoms with van der Waals surface area (Å²) in [5.74, 6) is -0.840. The van der Waals surface area contributed by atoms with Crippen LogP contribution in [0.25, 0.3) is 11.0 Å². The lowest BCUT2D eigenvalue weighted by Crippen LogP contribution is -2.48. The fraction of sp³-hybridized carbons (Fsp3) is 0.304. The van der Waals surface area contributed by atoms with Gasteiger partial charge in [-0.3, -0.25) is 18.7 Å². The van der Waals surface area contributed by atoms with E-state index in [4.69, 9.17) is 0 Å². The molecule has 8 heteroatoms. The largest absolute Gasteiger partial charge is 0.340 e. The van der Waals surface area contributed by atoms with Crippen LogP contribution < -0.4 is 16.4 Å². The zero-order chi connectivity index (χ0) is 22.7. The van der Waals surface area contributed by atoms with Crippen molar-refractivity contribution in [3.8, 4) is 0 Å². The van der Waals surface area contributed by atoms with Crippen molar-refractivity contribution in [2.75, 3.05) is 0 Å². The number of carbonyl (C=O) groups excluding carboxylic acids is 2. The molecule has 2 N–H and O–H groups in total. The third-order valence-electron chi connectivity index (χ3n) is 5.23. The van der Waals surface area contributed by atoms with Crippen molar-refractivity contribution in [2.45, 2.75) is 26.8 Å². The first-order valence-corrected chi connectivity index (χ1v) is 10.0. The van der Waals surface area contributed by atoms with E-state index in [2.05, 4.69) is 15.8 Å². The van der Waals surface area contributed by atoms with E-state index in [0.717, 1.165) is 22.2 Å². The molecule has 2 amide bonds. The highest BCUT2D eigenvalue weighted by molar-refractivity contribution is 5.97. The molecule has 1 aromatic heterocycles. The Morgan fingerprint density at radius 3 is 2.29 bits per heavy atom. The van der Waals surface area contributed by atoms with Crippen LogP contribution in [0.4, 0.5) is 0 Å². The lowest BCUT2D eigenvalue weighted by Gasteiger charge is -2.20. The zero-order valence-electron chi connectivity index (χ0n) is 18.3. The monoisotopic (exact) mass is 421 g/mol. The summed E-state index contributed by atoms with van der Waals surface area (Å²) in [7, 11) is 3.42. The molecule has 3 rings (SSSR count). The number of hydrogen-bond donors (Lipinski definition) is 2. The van der Waals surface area contributed by atoms with Crippen LogP contribution in [0.5, 0.6) is 0 Å². The highest BCUT2D eigenvalue weighted by Crippen LogP contribution is 2.13. The van der Waals surface area contributed by atoms with Crippen molar-refractivity contribution < 1.29 is 9.59 Å². The van der Waals surface area contributed by atoms with Crippen LogP contribution in [0, 0.1) is 12.8 Å². The molecule has 0 aliphatic heterocycles. The molecule has 2 aromatic carbocycles. The Labute approximate surface area is 180 Å². The van der Waals surface area contributed by atoms with Crippen LogP contribution in [0.2, 0.25) is 0 Å². The van der Waals surface area contributed by atoms with Gasteiger partial charge in [0.1, 0.15) is 6.04 Å². The molecule has 0 fully saturated rings. The molecule has 0 saturated carbocycles. The first kappa shape index (κ1) is 22.0. The van der Waals surface area contributed by atoms with Gasteiger partial charge in [-0.1, -0.05) is 37.6 Å². The van der Waals surface area contributed by atoms with E-state index < -0.39 is 11.9 Å². The van der Waals surface area contributed by atoms with E-state index in [1.165, 1.54) is 6.21 Å². The lowest BCUT2D eigenvalue weighted by atomic mass is 10.0. The number of fused-ring (bicyclic) bond motifs is 1. The number of imidazole rings is 1. The van der Waals surface area contributed by atoms with Gasteiger partial charge in [0.2, 0.25) is 0 Å². The molecular weight excluding hydrogens is 394 g/mol. The summed E-state index contributed by atoms with van der Waals surface area (Å²) in [5.41, 5.74) is 6.26. The van der Waals surface area contributed by atoms with Crippen molar-refractivity contribution in [3.63, 3.8) is 0 Å². The summed E-state index contributed by atoms with van der Waals surface area (Å²) in [5, 5.41) is 6.81. The summed E-state index contributed by atoms with van der Waals surface area (Å²) in [6.45, 7) is 5.65. The van der Waals surface area contributed by atoms with Gasteiger partial charge in [-0.15, -0.1) is 0 Å². The Kier molecular flexibility index (Phi) is 6.39. The van der Waals surface area contributed by atoms with Gasteiger partial charge in [0, 0.05) is 19.7 Å². The summed E-state index contributed by atoms with van der Waals surface area (Å²) < 4.78 is 3.13. The molecular formula is C23H27N5O3. The number of hydrazone groups is 1. The third kappa shape index (κ3) is 4.74. The fourth-order valence-electron chi connectivity index (χ4n) is 3.31. The number of carbonyl (C=O) groups is 2. The SMILES string of the molecule is Cc1ccc(C(=O)NC(C(=O)NN=Cc2ccc3c(c2)n(C)c(=O)n3C)C(C)C)cc1. The van der Waals surface area contributed by atoms with Crippen molar-refractivity contribution in [1.29, 1.82) is 0 Å². The average molecular weight is 422 g/mol. The van der Waals surface area contributed by atoms with Crippen LogP contribution in [0.3, 0.4) is 0 Å². The van der Waals surface area contributed by atoms with Gasteiger partial charge < -0.3 is 5.32 Å². The van der Waals surface area contributed by atoms with E-state index in [-0.39, 0.29) is 17.5 Å². The number of hydrogen-bond acceptors (Lipinski definition) is 4. The van der Waals surface area contributed by atoms with Gasteiger partial charge in [0.25, 0.3) is 11.8 Å². The second kappa shape index (κ2) is 8.99. The van der Waals surface area contributed by atoms with Gasteiger partial charge in [-0.2, -0.15) is 5.10 Å². The summed E-state index contributed by atoms with van der Waals surface area (Å²) in [6.07, 6.45) is 1.51. The molecule has 162 valence electrons. The molecule has 31 heavy (non-hydrogen) atoms. The Morgan fingerprint density at radius 1 is 1.00 bits per heavy atom. The molecule has 3 aromatic rings. The number of amides is 2. The van der Waals surface area contributed by atoms with Crippen molar-refractivity contribution in [2.24, 2.45) is 25.1 Å². The molecule has 0 bridgehead atoms. The molecule has 0 saturated heterocycles. The summed E-state index contributed by atoms with van der Waals surface area (Å²) in [4.78, 5) is 37.2. The standard InChI is InChI=1S/C23H27N5O3/c1-14(2)20(25-21(29)17-9-6-15(3)7-10-17)22(30)26-24-13-16-8-11-18-19(12-16)28(5)23(31)27(18)4/h6-14,20H,1-5H3,(H,25,29)(H,26,30). The quantitative estimate of drug-likeness (QED) is 0.471. The molecule has 0 radical (unpaired) electrons. The topological polar surface area (TPSA) is 97.5 Å². The van der Waals surface area contributed by atoms with Crippen LogP contribution in [0.15, 0.2) is 52.4 Å². The molecule has 8 nitrogen and oxygen atoms in total. The molecule has 0 aliphatic carbocycles. The summed E-state index contributed by atoms with van der Waals surface area (Å²) >= 11 is 0. The smallest absolute Gasteiger partial charge is 0.328 e. The van der Waals surface area contributed by atoms with E-state index in [1.807, 2.05) is 51.1 Å². The Hall–Kier alpha value is -3.68.